The molecule has 9 heavy (non-hydrogen) atoms. The van der Waals surface area contributed by atoms with Crippen molar-refractivity contribution in [1.82, 2.24) is 0 Å². The second-order valence-corrected chi connectivity index (χ2v) is 1.69. The first-order valence-electron chi connectivity index (χ1n) is 2.60. The van der Waals surface area contributed by atoms with Gasteiger partial charge in [0.1, 0.15) is 0 Å². The van der Waals surface area contributed by atoms with Crippen LogP contribution in [0.15, 0.2) is 49.2 Å². The van der Waals surface area contributed by atoms with Crippen LogP contribution in [-0.2, 0) is 0 Å². The summed E-state index contributed by atoms with van der Waals surface area (Å²) >= 11 is 0. The molecule has 0 atom stereocenters. The Morgan fingerprint density at radius 1 is 1.22 bits per heavy atom. The predicted octanol–water partition coefficient (Wildman–Crippen LogP) is 1.76. The van der Waals surface area contributed by atoms with E-state index in [-0.39, 0.29) is 0 Å². The van der Waals surface area contributed by atoms with Crippen LogP contribution in [0.4, 0.5) is 0 Å². The minimum atomic E-state index is 0.526. The van der Waals surface area contributed by atoms with Crippen LogP contribution in [0.2, 0.25) is 0 Å². The van der Waals surface area contributed by atoms with Crippen LogP contribution in [0.25, 0.3) is 0 Å². The Labute approximate surface area is 55.9 Å². The highest BCUT2D eigenvalue weighted by atomic mass is 14.5. The first kappa shape index (κ1) is 7.76. The lowest BCUT2D eigenvalue weighted by atomic mass is 10.2. The van der Waals surface area contributed by atoms with E-state index in [2.05, 4.69) is 19.7 Å². The van der Waals surface area contributed by atoms with Crippen LogP contribution in [0.5, 0.6) is 0 Å². The molecule has 0 rings (SSSR count). The number of allylic oxidation sites excluding steroid dienone is 4. The lowest BCUT2D eigenvalue weighted by Gasteiger charge is -1.86. The number of rotatable bonds is 3. The Balaban J connectivity index is 3.85. The van der Waals surface area contributed by atoms with Gasteiger partial charge in [-0.1, -0.05) is 31.9 Å². The van der Waals surface area contributed by atoms with Crippen LogP contribution in [0, 0.1) is 0 Å². The molecule has 1 heteroatoms. The van der Waals surface area contributed by atoms with Crippen LogP contribution in [-0.4, -0.2) is 0 Å². The maximum Gasteiger partial charge on any atom is 0.0241 e. The molecule has 2 N–H and O–H groups in total. The van der Waals surface area contributed by atoms with Crippen LogP contribution in [0.1, 0.15) is 0 Å². The molecule has 48 valence electrons. The summed E-state index contributed by atoms with van der Waals surface area (Å²) < 4.78 is 0. The number of hydrogen-bond donors (Lipinski definition) is 1. The molecule has 0 aromatic heterocycles. The first-order valence-corrected chi connectivity index (χ1v) is 2.60. The second kappa shape index (κ2) is 3.72. The van der Waals surface area contributed by atoms with Crippen molar-refractivity contribution in [2.24, 2.45) is 5.73 Å². The van der Waals surface area contributed by atoms with Gasteiger partial charge in [-0.25, -0.2) is 0 Å². The van der Waals surface area contributed by atoms with Crippen molar-refractivity contribution in [2.75, 3.05) is 0 Å². The summed E-state index contributed by atoms with van der Waals surface area (Å²) in [6.45, 7) is 10.6. The van der Waals surface area contributed by atoms with Crippen molar-refractivity contribution >= 4 is 0 Å². The van der Waals surface area contributed by atoms with E-state index in [1.54, 1.807) is 18.2 Å². The highest BCUT2D eigenvalue weighted by Gasteiger charge is 1.75. The normalized spacial score (nSPS) is 9.33. The van der Waals surface area contributed by atoms with Crippen LogP contribution < -0.4 is 5.73 Å². The van der Waals surface area contributed by atoms with E-state index < -0.39 is 0 Å². The van der Waals surface area contributed by atoms with Crippen molar-refractivity contribution in [1.29, 1.82) is 0 Å². The summed E-state index contributed by atoms with van der Waals surface area (Å²) in [6, 6.07) is 0. The molecule has 0 aliphatic rings. The van der Waals surface area contributed by atoms with Gasteiger partial charge < -0.3 is 5.73 Å². The monoisotopic (exact) mass is 121 g/mol. The molecule has 0 fully saturated rings. The summed E-state index contributed by atoms with van der Waals surface area (Å²) in [5.74, 6) is 0. The van der Waals surface area contributed by atoms with Crippen molar-refractivity contribution in [2.45, 2.75) is 0 Å². The van der Waals surface area contributed by atoms with Gasteiger partial charge in [-0.3, -0.25) is 0 Å². The second-order valence-electron chi connectivity index (χ2n) is 1.69. The summed E-state index contributed by atoms with van der Waals surface area (Å²) in [4.78, 5) is 0. The molecular weight excluding hydrogens is 110 g/mol. The maximum atomic E-state index is 5.24. The standard InChI is InChI=1S/C8H11N/c1-4-7(2)5-6-8(3)9/h4-6H,1-3,9H2/b6-5-. The van der Waals surface area contributed by atoms with Gasteiger partial charge in [0, 0.05) is 5.70 Å². The molecule has 1 nitrogen and oxygen atoms in total. The molecule has 0 aromatic rings. The molecule has 0 bridgehead atoms. The molecule has 0 radical (unpaired) electrons. The minimum absolute atomic E-state index is 0.526. The fraction of sp³-hybridized carbons (Fsp3) is 0. The molecule has 0 unspecified atom stereocenters. The SMILES string of the molecule is C=CC(=C)/C=C\C(=C)N. The van der Waals surface area contributed by atoms with Crippen LogP contribution >= 0.6 is 0 Å². The molecule has 0 amide bonds. The highest BCUT2D eigenvalue weighted by Crippen LogP contribution is 1.93. The predicted molar refractivity (Wildman–Crippen MR) is 41.8 cm³/mol. The van der Waals surface area contributed by atoms with Gasteiger partial charge >= 0.3 is 0 Å². The molecular formula is C8H11N. The molecule has 0 saturated carbocycles. The van der Waals surface area contributed by atoms with Gasteiger partial charge in [-0.2, -0.15) is 0 Å². The zero-order valence-electron chi connectivity index (χ0n) is 5.43. The van der Waals surface area contributed by atoms with Gasteiger partial charge in [0.25, 0.3) is 0 Å². The Morgan fingerprint density at radius 3 is 2.11 bits per heavy atom. The lowest BCUT2D eigenvalue weighted by Crippen LogP contribution is -1.87. The van der Waals surface area contributed by atoms with Gasteiger partial charge in [-0.15, -0.1) is 0 Å². The van der Waals surface area contributed by atoms with Crippen molar-refractivity contribution < 1.29 is 0 Å². The summed E-state index contributed by atoms with van der Waals surface area (Å²) in [5.41, 5.74) is 6.60. The van der Waals surface area contributed by atoms with Crippen molar-refractivity contribution in [3.8, 4) is 0 Å². The van der Waals surface area contributed by atoms with E-state index in [9.17, 15) is 0 Å². The Bertz CT molecular complexity index is 163. The van der Waals surface area contributed by atoms with Crippen molar-refractivity contribution in [3.05, 3.63) is 49.2 Å². The van der Waals surface area contributed by atoms with E-state index in [4.69, 9.17) is 5.73 Å². The quantitative estimate of drug-likeness (QED) is 0.566. The van der Waals surface area contributed by atoms with E-state index in [1.165, 1.54) is 0 Å². The number of hydrogen-bond acceptors (Lipinski definition) is 1. The summed E-state index contributed by atoms with van der Waals surface area (Å²) in [6.07, 6.45) is 5.10. The third kappa shape index (κ3) is 4.62. The molecule has 0 aliphatic carbocycles. The van der Waals surface area contributed by atoms with E-state index in [1.807, 2.05) is 0 Å². The molecule has 0 aromatic carbocycles. The van der Waals surface area contributed by atoms with Gasteiger partial charge in [0.2, 0.25) is 0 Å². The fourth-order valence-corrected chi connectivity index (χ4v) is 0.282. The average Bonchev–Trinajstić information content (AvgIpc) is 1.83. The Morgan fingerprint density at radius 2 is 1.78 bits per heavy atom. The lowest BCUT2D eigenvalue weighted by molar-refractivity contribution is 1.45. The summed E-state index contributed by atoms with van der Waals surface area (Å²) in [7, 11) is 0. The van der Waals surface area contributed by atoms with Crippen LogP contribution in [0.3, 0.4) is 0 Å². The average molecular weight is 121 g/mol. The fourth-order valence-electron chi connectivity index (χ4n) is 0.282. The van der Waals surface area contributed by atoms with Crippen molar-refractivity contribution in [3.63, 3.8) is 0 Å². The van der Waals surface area contributed by atoms with E-state index in [0.717, 1.165) is 5.57 Å². The zero-order valence-corrected chi connectivity index (χ0v) is 5.43. The highest BCUT2D eigenvalue weighted by molar-refractivity contribution is 5.29. The van der Waals surface area contributed by atoms with E-state index >= 15 is 0 Å². The Hall–Kier alpha value is -1.24. The largest absolute Gasteiger partial charge is 0.399 e. The van der Waals surface area contributed by atoms with E-state index in [0.29, 0.717) is 5.70 Å². The first-order chi connectivity index (χ1) is 4.16. The Kier molecular flexibility index (Phi) is 3.21. The third-order valence-electron chi connectivity index (χ3n) is 0.774. The van der Waals surface area contributed by atoms with Gasteiger partial charge in [0.05, 0.1) is 0 Å². The summed E-state index contributed by atoms with van der Waals surface area (Å²) in [5, 5.41) is 0. The third-order valence-corrected chi connectivity index (χ3v) is 0.774. The number of nitrogens with two attached hydrogens (primary N) is 1. The maximum absolute atomic E-state index is 5.24. The van der Waals surface area contributed by atoms with Gasteiger partial charge in [-0.05, 0) is 11.6 Å². The molecule has 0 saturated heterocycles. The topological polar surface area (TPSA) is 26.0 Å². The molecule has 0 aliphatic heterocycles. The minimum Gasteiger partial charge on any atom is -0.399 e. The molecule has 0 heterocycles. The zero-order chi connectivity index (χ0) is 7.28. The van der Waals surface area contributed by atoms with Gasteiger partial charge in [0.15, 0.2) is 0 Å². The molecule has 0 spiro atoms. The smallest absolute Gasteiger partial charge is 0.0241 e.